The summed E-state index contributed by atoms with van der Waals surface area (Å²) in [6, 6.07) is -0.548. The van der Waals surface area contributed by atoms with Crippen LogP contribution in [0, 0.1) is 13.8 Å². The molecule has 0 bridgehead atoms. The van der Waals surface area contributed by atoms with Gasteiger partial charge in [0.15, 0.2) is 0 Å². The van der Waals surface area contributed by atoms with Crippen LogP contribution in [0.4, 0.5) is 0 Å². The van der Waals surface area contributed by atoms with E-state index in [0.29, 0.717) is 0 Å². The molecule has 2 nitrogen and oxygen atoms in total. The summed E-state index contributed by atoms with van der Waals surface area (Å²) in [6.07, 6.45) is 0. The highest BCUT2D eigenvalue weighted by atomic mass is 16.5. The summed E-state index contributed by atoms with van der Waals surface area (Å²) in [7, 11) is -2.71. The molecule has 0 amide bonds. The van der Waals surface area contributed by atoms with E-state index in [1.165, 1.54) is 13.8 Å². The Balaban J connectivity index is 3.40. The van der Waals surface area contributed by atoms with Crippen LogP contribution in [0.3, 0.4) is 0 Å². The number of benzene rings is 1. The number of aromatic hydroxyl groups is 1. The molecule has 0 atom stereocenters. The van der Waals surface area contributed by atoms with Crippen molar-refractivity contribution < 1.29 is 16.7 Å². The highest BCUT2D eigenvalue weighted by molar-refractivity contribution is 5.44. The zero-order chi connectivity index (χ0) is 12.7. The average molecular weight is 157 g/mol. The van der Waals surface area contributed by atoms with Crippen molar-refractivity contribution in [2.45, 2.75) is 13.8 Å². The van der Waals surface area contributed by atoms with Gasteiger partial charge in [0.05, 0.1) is 13.9 Å². The number of ether oxygens (including phenoxy) is 1. The minimum atomic E-state index is -2.71. The topological polar surface area (TPSA) is 29.5 Å². The fraction of sp³-hybridized carbons (Fsp3) is 0.333. The third-order valence-electron chi connectivity index (χ3n) is 1.41. The van der Waals surface area contributed by atoms with Gasteiger partial charge in [-0.2, -0.15) is 0 Å². The van der Waals surface area contributed by atoms with Gasteiger partial charge in [0.2, 0.25) is 0 Å². The van der Waals surface area contributed by atoms with Crippen molar-refractivity contribution in [2.24, 2.45) is 0 Å². The summed E-state index contributed by atoms with van der Waals surface area (Å²) in [6.45, 7) is 2.94. The second-order valence-corrected chi connectivity index (χ2v) is 2.28. The molecule has 0 saturated heterocycles. The molecule has 0 fully saturated rings. The van der Waals surface area contributed by atoms with Crippen LogP contribution >= 0.6 is 0 Å². The van der Waals surface area contributed by atoms with Crippen LogP contribution in [-0.4, -0.2) is 12.1 Å². The number of phenols is 1. The second-order valence-electron chi connectivity index (χ2n) is 2.28. The lowest BCUT2D eigenvalue weighted by Gasteiger charge is -2.05. The molecule has 0 heterocycles. The van der Waals surface area contributed by atoms with E-state index in [1.54, 1.807) is 0 Å². The summed E-state index contributed by atoms with van der Waals surface area (Å²) < 4.78 is 40.6. The molecule has 0 aromatic heterocycles. The maximum Gasteiger partial charge on any atom is 0.121 e. The van der Waals surface area contributed by atoms with Crippen molar-refractivity contribution in [3.63, 3.8) is 0 Å². The van der Waals surface area contributed by atoms with Gasteiger partial charge in [-0.15, -0.1) is 0 Å². The average Bonchev–Trinajstić information content (AvgIpc) is 2.17. The number of phenolic OH excluding ortho intramolecular Hbond substituents is 1. The van der Waals surface area contributed by atoms with Gasteiger partial charge in [-0.1, -0.05) is 0 Å². The Labute approximate surface area is 73.5 Å². The van der Waals surface area contributed by atoms with Crippen molar-refractivity contribution in [1.82, 2.24) is 0 Å². The molecule has 11 heavy (non-hydrogen) atoms. The minimum absolute atomic E-state index is 0.173. The zero-order valence-corrected chi connectivity index (χ0v) is 6.36. The molecule has 0 aliphatic rings. The molecule has 0 radical (unpaired) electrons. The lowest BCUT2D eigenvalue weighted by Crippen LogP contribution is -1.86. The number of rotatable bonds is 1. The molecular weight excluding hydrogens is 140 g/mol. The molecule has 0 aliphatic heterocycles. The summed E-state index contributed by atoms with van der Waals surface area (Å²) in [5.74, 6) is -0.499. The lowest BCUT2D eigenvalue weighted by molar-refractivity contribution is 0.410. The van der Waals surface area contributed by atoms with Crippen LogP contribution < -0.4 is 4.74 Å². The Morgan fingerprint density at radius 2 is 2.00 bits per heavy atom. The Kier molecular flexibility index (Phi) is 0.893. The van der Waals surface area contributed by atoms with Gasteiger partial charge < -0.3 is 9.84 Å². The zero-order valence-electron chi connectivity index (χ0n) is 11.4. The third-order valence-corrected chi connectivity index (χ3v) is 1.41. The molecular formula is C9H12O2. The molecule has 1 rings (SSSR count). The van der Waals surface area contributed by atoms with Gasteiger partial charge >= 0.3 is 0 Å². The van der Waals surface area contributed by atoms with E-state index in [2.05, 4.69) is 4.74 Å². The summed E-state index contributed by atoms with van der Waals surface area (Å²) >= 11 is 0. The first kappa shape index (κ1) is 3.48. The van der Waals surface area contributed by atoms with Gasteiger partial charge in [0.25, 0.3) is 0 Å². The van der Waals surface area contributed by atoms with E-state index >= 15 is 0 Å². The standard InChI is InChI=1S/C9H12O2/c1-6-4-8(11-3)5-7(2)9(6)10/h4-5,10H,1-3H3/i3D3,4D,5D. The van der Waals surface area contributed by atoms with Gasteiger partial charge in [0.1, 0.15) is 11.5 Å². The molecule has 0 aliphatic carbocycles. The number of hydrogen-bond donors (Lipinski definition) is 1. The van der Waals surface area contributed by atoms with Crippen molar-refractivity contribution in [2.75, 3.05) is 7.04 Å². The highest BCUT2D eigenvalue weighted by Crippen LogP contribution is 2.26. The number of methoxy groups -OCH3 is 1. The second kappa shape index (κ2) is 2.82. The van der Waals surface area contributed by atoms with Crippen molar-refractivity contribution in [1.29, 1.82) is 0 Å². The SMILES string of the molecule is [2H]c1c(C)c(O)c(C)c([2H])c1OC([2H])([2H])[2H]. The van der Waals surface area contributed by atoms with Crippen molar-refractivity contribution in [3.05, 3.63) is 23.2 Å². The van der Waals surface area contributed by atoms with Gasteiger partial charge in [-0.3, -0.25) is 0 Å². The van der Waals surface area contributed by atoms with E-state index in [9.17, 15) is 5.11 Å². The Morgan fingerprint density at radius 3 is 2.45 bits per heavy atom. The summed E-state index contributed by atoms with van der Waals surface area (Å²) in [4.78, 5) is 0. The smallest absolute Gasteiger partial charge is 0.121 e. The van der Waals surface area contributed by atoms with Crippen LogP contribution in [0.1, 0.15) is 18.0 Å². The van der Waals surface area contributed by atoms with Crippen molar-refractivity contribution in [3.8, 4) is 11.5 Å². The molecule has 1 aromatic rings. The van der Waals surface area contributed by atoms with E-state index in [-0.39, 0.29) is 34.7 Å². The largest absolute Gasteiger partial charge is 0.507 e. The first-order valence-electron chi connectivity index (χ1n) is 5.63. The fourth-order valence-corrected chi connectivity index (χ4v) is 0.823. The van der Waals surface area contributed by atoms with Crippen LogP contribution in [0.25, 0.3) is 0 Å². The number of hydrogen-bond acceptors (Lipinski definition) is 2. The van der Waals surface area contributed by atoms with Crippen LogP contribution in [0.2, 0.25) is 0 Å². The van der Waals surface area contributed by atoms with Gasteiger partial charge in [0, 0.05) is 0 Å². The van der Waals surface area contributed by atoms with E-state index in [0.717, 1.165) is 0 Å². The van der Waals surface area contributed by atoms with E-state index in [1.807, 2.05) is 0 Å². The molecule has 60 valence electrons. The van der Waals surface area contributed by atoms with E-state index < -0.39 is 7.04 Å². The first-order chi connectivity index (χ1) is 7.15. The lowest BCUT2D eigenvalue weighted by atomic mass is 10.1. The quantitative estimate of drug-likeness (QED) is 0.675. The maximum atomic E-state index is 9.55. The molecule has 0 spiro atoms. The van der Waals surface area contributed by atoms with Gasteiger partial charge in [-0.25, -0.2) is 0 Å². The Hall–Kier alpha value is -1.18. The van der Waals surface area contributed by atoms with Crippen LogP contribution in [-0.2, 0) is 0 Å². The maximum absolute atomic E-state index is 9.55. The molecule has 0 saturated carbocycles. The normalized spacial score (nSPS) is 17.5. The predicted molar refractivity (Wildman–Crippen MR) is 44.1 cm³/mol. The first-order valence-corrected chi connectivity index (χ1v) is 3.13. The molecule has 1 aromatic carbocycles. The van der Waals surface area contributed by atoms with Crippen LogP contribution in [0.15, 0.2) is 12.1 Å². The summed E-state index contributed by atoms with van der Waals surface area (Å²) in [5.41, 5.74) is 0.403. The van der Waals surface area contributed by atoms with Crippen LogP contribution in [0.5, 0.6) is 11.5 Å². The fourth-order valence-electron chi connectivity index (χ4n) is 0.823. The Bertz CT molecular complexity index is 396. The van der Waals surface area contributed by atoms with E-state index in [4.69, 9.17) is 6.85 Å². The highest BCUT2D eigenvalue weighted by Gasteiger charge is 2.01. The Morgan fingerprint density at radius 1 is 1.45 bits per heavy atom. The predicted octanol–water partition coefficient (Wildman–Crippen LogP) is 2.02. The van der Waals surface area contributed by atoms with Crippen molar-refractivity contribution >= 4 is 0 Å². The van der Waals surface area contributed by atoms with Gasteiger partial charge in [-0.05, 0) is 37.1 Å². The molecule has 0 unspecified atom stereocenters. The minimum Gasteiger partial charge on any atom is -0.507 e. The molecule has 1 N–H and O–H groups in total. The third kappa shape index (κ3) is 1.45. The monoisotopic (exact) mass is 157 g/mol. The molecule has 2 heteroatoms. The summed E-state index contributed by atoms with van der Waals surface area (Å²) in [5, 5.41) is 9.55.